The lowest BCUT2D eigenvalue weighted by Crippen LogP contribution is -2.07. The number of carbonyl (C=O) groups is 1. The maximum atomic E-state index is 10.7. The van der Waals surface area contributed by atoms with Crippen molar-refractivity contribution in [3.8, 4) is 5.75 Å². The molecule has 0 saturated heterocycles. The Kier molecular flexibility index (Phi) is 4.66. The van der Waals surface area contributed by atoms with E-state index >= 15 is 0 Å². The second-order valence-corrected chi connectivity index (χ2v) is 4.15. The van der Waals surface area contributed by atoms with Gasteiger partial charge in [-0.05, 0) is 37.1 Å². The smallest absolute Gasteiger partial charge is 0.335 e. The monoisotopic (exact) mass is 264 g/mol. The molecule has 5 heteroatoms. The lowest BCUT2D eigenvalue weighted by molar-refractivity contribution is -0.0298. The van der Waals surface area contributed by atoms with Gasteiger partial charge in [-0.3, -0.25) is 0 Å². The molecular formula is C14H16O5. The molecule has 0 fully saturated rings. The summed E-state index contributed by atoms with van der Waals surface area (Å²) in [5.74, 6) is -0.253. The number of carboxylic acid groups (broad SMARTS) is 1. The van der Waals surface area contributed by atoms with Crippen LogP contribution in [0.5, 0.6) is 5.75 Å². The van der Waals surface area contributed by atoms with Crippen molar-refractivity contribution in [3.05, 3.63) is 42.4 Å². The molecule has 0 aliphatic carbocycles. The van der Waals surface area contributed by atoms with Crippen LogP contribution in [0.3, 0.4) is 0 Å². The predicted octanol–water partition coefficient (Wildman–Crippen LogP) is 2.78. The third-order valence-corrected chi connectivity index (χ3v) is 2.72. The minimum atomic E-state index is -0.934. The molecule has 1 aromatic rings. The quantitative estimate of drug-likeness (QED) is 0.767. The van der Waals surface area contributed by atoms with E-state index in [0.29, 0.717) is 12.4 Å². The second kappa shape index (κ2) is 6.68. The first-order valence-corrected chi connectivity index (χ1v) is 6.18. The van der Waals surface area contributed by atoms with E-state index in [0.717, 1.165) is 19.3 Å². The van der Waals surface area contributed by atoms with Gasteiger partial charge in [-0.2, -0.15) is 0 Å². The molecule has 0 amide bonds. The lowest BCUT2D eigenvalue weighted by atomic mass is 10.2. The zero-order chi connectivity index (χ0) is 13.5. The number of carboxylic acids is 1. The largest absolute Gasteiger partial charge is 0.494 e. The molecule has 2 rings (SSSR count). The minimum absolute atomic E-state index is 0.158. The minimum Gasteiger partial charge on any atom is -0.494 e. The Bertz CT molecular complexity index is 430. The van der Waals surface area contributed by atoms with Crippen molar-refractivity contribution in [2.75, 3.05) is 6.61 Å². The molecule has 0 radical (unpaired) electrons. The highest BCUT2D eigenvalue weighted by molar-refractivity contribution is 5.87. The van der Waals surface area contributed by atoms with Crippen molar-refractivity contribution < 1.29 is 24.1 Å². The van der Waals surface area contributed by atoms with E-state index in [1.807, 2.05) is 0 Å². The molecule has 1 aromatic carbocycles. The van der Waals surface area contributed by atoms with E-state index in [2.05, 4.69) is 0 Å². The molecule has 0 saturated carbocycles. The van der Waals surface area contributed by atoms with Crippen molar-refractivity contribution in [3.63, 3.8) is 0 Å². The van der Waals surface area contributed by atoms with E-state index in [9.17, 15) is 4.79 Å². The molecule has 1 heterocycles. The summed E-state index contributed by atoms with van der Waals surface area (Å²) in [6, 6.07) is 6.39. The van der Waals surface area contributed by atoms with Gasteiger partial charge in [-0.25, -0.2) is 4.79 Å². The normalized spacial score (nSPS) is 13.9. The van der Waals surface area contributed by atoms with Crippen LogP contribution >= 0.6 is 0 Å². The van der Waals surface area contributed by atoms with Crippen molar-refractivity contribution in [2.24, 2.45) is 0 Å². The molecule has 1 aliphatic rings. The van der Waals surface area contributed by atoms with Crippen LogP contribution in [0.25, 0.3) is 0 Å². The third kappa shape index (κ3) is 4.21. The standard InChI is InChI=1S/C14H16O5/c15-14(16)11-4-6-12(7-5-11)17-8-2-1-3-13-18-9-10-19-13/h4-7,9-10,13H,1-3,8H2,(H,15,16). The summed E-state index contributed by atoms with van der Waals surface area (Å²) in [5.41, 5.74) is 0.260. The fraction of sp³-hybridized carbons (Fsp3) is 0.357. The molecule has 0 atom stereocenters. The van der Waals surface area contributed by atoms with Gasteiger partial charge < -0.3 is 19.3 Å². The average Bonchev–Trinajstić information content (AvgIpc) is 2.92. The van der Waals surface area contributed by atoms with E-state index < -0.39 is 5.97 Å². The fourth-order valence-corrected chi connectivity index (χ4v) is 1.70. The number of ether oxygens (including phenoxy) is 3. The SMILES string of the molecule is O=C(O)c1ccc(OCCCCC2OC=CO2)cc1. The van der Waals surface area contributed by atoms with Crippen LogP contribution in [0.4, 0.5) is 0 Å². The van der Waals surface area contributed by atoms with Gasteiger partial charge in [-0.15, -0.1) is 0 Å². The Morgan fingerprint density at radius 2 is 1.84 bits per heavy atom. The van der Waals surface area contributed by atoms with Crippen LogP contribution in [-0.2, 0) is 9.47 Å². The highest BCUT2D eigenvalue weighted by Gasteiger charge is 2.11. The molecule has 19 heavy (non-hydrogen) atoms. The summed E-state index contributed by atoms with van der Waals surface area (Å²) >= 11 is 0. The van der Waals surface area contributed by atoms with Crippen molar-refractivity contribution in [1.29, 1.82) is 0 Å². The van der Waals surface area contributed by atoms with Crippen LogP contribution in [0, 0.1) is 0 Å². The molecule has 0 spiro atoms. The molecule has 0 aromatic heterocycles. The van der Waals surface area contributed by atoms with E-state index in [-0.39, 0.29) is 11.9 Å². The van der Waals surface area contributed by atoms with Crippen molar-refractivity contribution in [1.82, 2.24) is 0 Å². The van der Waals surface area contributed by atoms with Crippen LogP contribution < -0.4 is 4.74 Å². The first-order valence-electron chi connectivity index (χ1n) is 6.18. The highest BCUT2D eigenvalue weighted by atomic mass is 16.7. The zero-order valence-corrected chi connectivity index (χ0v) is 10.5. The Balaban J connectivity index is 1.61. The van der Waals surface area contributed by atoms with Crippen LogP contribution in [0.2, 0.25) is 0 Å². The third-order valence-electron chi connectivity index (χ3n) is 2.72. The molecule has 1 N–H and O–H groups in total. The van der Waals surface area contributed by atoms with Gasteiger partial charge in [0.05, 0.1) is 12.2 Å². The van der Waals surface area contributed by atoms with Crippen LogP contribution in [0.1, 0.15) is 29.6 Å². The number of unbranched alkanes of at least 4 members (excludes halogenated alkanes) is 1. The molecule has 102 valence electrons. The Morgan fingerprint density at radius 3 is 2.47 bits per heavy atom. The van der Waals surface area contributed by atoms with Gasteiger partial charge in [0.1, 0.15) is 18.3 Å². The number of benzene rings is 1. The maximum Gasteiger partial charge on any atom is 0.335 e. The Hall–Kier alpha value is -2.17. The first kappa shape index (κ1) is 13.3. The number of hydrogen-bond acceptors (Lipinski definition) is 4. The summed E-state index contributed by atoms with van der Waals surface area (Å²) < 4.78 is 15.8. The number of aromatic carboxylic acids is 1. The topological polar surface area (TPSA) is 65.0 Å². The van der Waals surface area contributed by atoms with E-state index in [1.54, 1.807) is 24.7 Å². The summed E-state index contributed by atoms with van der Waals surface area (Å²) in [6.07, 6.45) is 5.60. The molecular weight excluding hydrogens is 248 g/mol. The van der Waals surface area contributed by atoms with Crippen molar-refractivity contribution >= 4 is 5.97 Å². The van der Waals surface area contributed by atoms with Crippen LogP contribution in [-0.4, -0.2) is 24.0 Å². The van der Waals surface area contributed by atoms with E-state index in [4.69, 9.17) is 19.3 Å². The molecule has 1 aliphatic heterocycles. The first-order chi connectivity index (χ1) is 9.25. The Morgan fingerprint density at radius 1 is 1.16 bits per heavy atom. The highest BCUT2D eigenvalue weighted by Crippen LogP contribution is 2.15. The summed E-state index contributed by atoms with van der Waals surface area (Å²) in [4.78, 5) is 10.7. The summed E-state index contributed by atoms with van der Waals surface area (Å²) in [6.45, 7) is 0.590. The van der Waals surface area contributed by atoms with Gasteiger partial charge >= 0.3 is 5.97 Å². The van der Waals surface area contributed by atoms with Crippen LogP contribution in [0.15, 0.2) is 36.8 Å². The molecule has 0 unspecified atom stereocenters. The number of hydrogen-bond donors (Lipinski definition) is 1. The lowest BCUT2D eigenvalue weighted by Gasteiger charge is -2.10. The fourth-order valence-electron chi connectivity index (χ4n) is 1.70. The second-order valence-electron chi connectivity index (χ2n) is 4.15. The number of rotatable bonds is 7. The van der Waals surface area contributed by atoms with Gasteiger partial charge in [0.25, 0.3) is 0 Å². The molecule has 0 bridgehead atoms. The van der Waals surface area contributed by atoms with Gasteiger partial charge in [0.15, 0.2) is 0 Å². The van der Waals surface area contributed by atoms with Crippen molar-refractivity contribution in [2.45, 2.75) is 25.6 Å². The Labute approximate surface area is 111 Å². The van der Waals surface area contributed by atoms with Gasteiger partial charge in [-0.1, -0.05) is 0 Å². The predicted molar refractivity (Wildman–Crippen MR) is 67.8 cm³/mol. The van der Waals surface area contributed by atoms with Gasteiger partial charge in [0.2, 0.25) is 6.29 Å². The average molecular weight is 264 g/mol. The maximum absolute atomic E-state index is 10.7. The summed E-state index contributed by atoms with van der Waals surface area (Å²) in [7, 11) is 0. The van der Waals surface area contributed by atoms with Gasteiger partial charge in [0, 0.05) is 6.42 Å². The zero-order valence-electron chi connectivity index (χ0n) is 10.5. The van der Waals surface area contributed by atoms with E-state index in [1.165, 1.54) is 12.1 Å². The molecule has 5 nitrogen and oxygen atoms in total. The summed E-state index contributed by atoms with van der Waals surface area (Å²) in [5, 5.41) is 8.76.